The topological polar surface area (TPSA) is 64.4 Å². The van der Waals surface area contributed by atoms with Crippen molar-refractivity contribution in [1.82, 2.24) is 4.98 Å². The van der Waals surface area contributed by atoms with Gasteiger partial charge in [0.05, 0.1) is 12.3 Å². The number of ether oxygens (including phenoxy) is 1. The number of hydrogen-bond donors (Lipinski definition) is 1. The smallest absolute Gasteiger partial charge is 0.250 e. The highest BCUT2D eigenvalue weighted by atomic mass is 32.1. The zero-order valence-corrected chi connectivity index (χ0v) is 16.4. The average Bonchev–Trinajstić information content (AvgIpc) is 3.10. The Morgan fingerprint density at radius 2 is 2.12 bits per heavy atom. The number of aromatic nitrogens is 1. The minimum absolute atomic E-state index is 0.209. The molecule has 1 amide bonds. The molecule has 0 radical (unpaired) electrons. The van der Waals surface area contributed by atoms with E-state index in [9.17, 15) is 4.79 Å². The van der Waals surface area contributed by atoms with Gasteiger partial charge in [-0.1, -0.05) is 0 Å². The molecule has 26 heavy (non-hydrogen) atoms. The van der Waals surface area contributed by atoms with E-state index in [0.29, 0.717) is 17.5 Å². The Hall–Kier alpha value is -2.60. The van der Waals surface area contributed by atoms with Crippen LogP contribution < -0.4 is 10.1 Å². The van der Waals surface area contributed by atoms with Crippen molar-refractivity contribution < 1.29 is 13.9 Å². The monoisotopic (exact) mass is 370 g/mol. The molecule has 3 rings (SSSR count). The molecule has 0 saturated heterocycles. The molecule has 0 aliphatic heterocycles. The molecule has 0 spiro atoms. The highest BCUT2D eigenvalue weighted by Gasteiger charge is 2.15. The summed E-state index contributed by atoms with van der Waals surface area (Å²) in [5, 5.41) is 6.33. The highest BCUT2D eigenvalue weighted by Crippen LogP contribution is 2.35. The van der Waals surface area contributed by atoms with E-state index in [1.165, 1.54) is 11.3 Å². The van der Waals surface area contributed by atoms with Gasteiger partial charge >= 0.3 is 0 Å². The fraction of sp³-hybridized carbons (Fsp3) is 0.300. The first kappa shape index (κ1) is 18.2. The van der Waals surface area contributed by atoms with Gasteiger partial charge in [-0.2, -0.15) is 0 Å². The molecular weight excluding hydrogens is 348 g/mol. The summed E-state index contributed by atoms with van der Waals surface area (Å²) >= 11 is 1.41. The van der Waals surface area contributed by atoms with Crippen LogP contribution in [-0.4, -0.2) is 17.5 Å². The van der Waals surface area contributed by atoms with Crippen molar-refractivity contribution in [2.45, 2.75) is 34.6 Å². The van der Waals surface area contributed by atoms with Crippen LogP contribution in [-0.2, 0) is 4.79 Å². The lowest BCUT2D eigenvalue weighted by Crippen LogP contribution is -2.08. The predicted octanol–water partition coefficient (Wildman–Crippen LogP) is 5.26. The van der Waals surface area contributed by atoms with Crippen LogP contribution in [0.25, 0.3) is 16.5 Å². The van der Waals surface area contributed by atoms with Crippen molar-refractivity contribution in [2.24, 2.45) is 0 Å². The van der Waals surface area contributed by atoms with Crippen molar-refractivity contribution in [3.8, 4) is 5.75 Å². The number of aryl methyl sites for hydroxylation is 3. The third kappa shape index (κ3) is 3.65. The van der Waals surface area contributed by atoms with Crippen LogP contribution in [0.4, 0.5) is 5.13 Å². The van der Waals surface area contributed by atoms with Gasteiger partial charge in [0.2, 0.25) is 5.91 Å². The zero-order valence-electron chi connectivity index (χ0n) is 15.6. The molecule has 0 saturated carbocycles. The maximum Gasteiger partial charge on any atom is 0.250 e. The van der Waals surface area contributed by atoms with Crippen molar-refractivity contribution >= 4 is 38.9 Å². The predicted molar refractivity (Wildman–Crippen MR) is 106 cm³/mol. The van der Waals surface area contributed by atoms with Gasteiger partial charge in [0.15, 0.2) is 5.13 Å². The number of rotatable bonds is 5. The molecule has 0 fully saturated rings. The summed E-state index contributed by atoms with van der Waals surface area (Å²) in [7, 11) is 0. The van der Waals surface area contributed by atoms with Crippen LogP contribution in [0.1, 0.15) is 36.4 Å². The van der Waals surface area contributed by atoms with Crippen molar-refractivity contribution in [3.05, 3.63) is 46.2 Å². The number of carbonyl (C=O) groups excluding carboxylic acids is 1. The first-order valence-electron chi connectivity index (χ1n) is 8.47. The molecule has 2 heterocycles. The molecule has 1 aromatic carbocycles. The molecule has 0 bridgehead atoms. The van der Waals surface area contributed by atoms with E-state index in [2.05, 4.69) is 10.3 Å². The van der Waals surface area contributed by atoms with Crippen LogP contribution in [0, 0.1) is 20.8 Å². The van der Waals surface area contributed by atoms with Crippen LogP contribution in [0.15, 0.2) is 28.0 Å². The number of anilines is 1. The Kier molecular flexibility index (Phi) is 5.13. The molecule has 136 valence electrons. The van der Waals surface area contributed by atoms with Gasteiger partial charge in [-0.15, -0.1) is 11.3 Å². The normalized spacial score (nSPS) is 11.8. The summed E-state index contributed by atoms with van der Waals surface area (Å²) in [5.74, 6) is 1.39. The number of hydrogen-bond acceptors (Lipinski definition) is 5. The first-order valence-corrected chi connectivity index (χ1v) is 9.35. The molecule has 0 unspecified atom stereocenters. The third-order valence-electron chi connectivity index (χ3n) is 4.20. The Bertz CT molecular complexity index is 998. The van der Waals surface area contributed by atoms with Gasteiger partial charge in [-0.05, 0) is 51.8 Å². The Morgan fingerprint density at radius 1 is 1.35 bits per heavy atom. The van der Waals surface area contributed by atoms with Crippen molar-refractivity contribution in [1.29, 1.82) is 0 Å². The van der Waals surface area contributed by atoms with Gasteiger partial charge in [0.1, 0.15) is 17.1 Å². The number of nitrogens with zero attached hydrogens (tertiary/aromatic N) is 1. The number of benzene rings is 1. The Morgan fingerprint density at radius 3 is 2.77 bits per heavy atom. The van der Waals surface area contributed by atoms with Crippen LogP contribution in [0.5, 0.6) is 5.75 Å². The summed E-state index contributed by atoms with van der Waals surface area (Å²) in [6.07, 6.45) is 1.57. The van der Waals surface area contributed by atoms with E-state index in [1.807, 2.05) is 52.1 Å². The molecule has 0 atom stereocenters. The Balaban J connectivity index is 1.97. The molecule has 2 aromatic heterocycles. The highest BCUT2D eigenvalue weighted by molar-refractivity contribution is 7.13. The number of nitrogens with one attached hydrogen (secondary N) is 1. The van der Waals surface area contributed by atoms with Gasteiger partial charge in [-0.3, -0.25) is 10.1 Å². The van der Waals surface area contributed by atoms with Crippen LogP contribution >= 0.6 is 11.3 Å². The molecule has 5 nitrogen and oxygen atoms in total. The van der Waals surface area contributed by atoms with Crippen LogP contribution in [0.2, 0.25) is 0 Å². The molecule has 1 N–H and O–H groups in total. The lowest BCUT2D eigenvalue weighted by molar-refractivity contribution is -0.111. The maximum atomic E-state index is 12.3. The van der Waals surface area contributed by atoms with E-state index in [4.69, 9.17) is 9.15 Å². The Labute approximate surface area is 156 Å². The van der Waals surface area contributed by atoms with Crippen molar-refractivity contribution in [2.75, 3.05) is 11.9 Å². The van der Waals surface area contributed by atoms with Gasteiger partial charge in [0, 0.05) is 28.5 Å². The largest absolute Gasteiger partial charge is 0.493 e. The fourth-order valence-corrected chi connectivity index (χ4v) is 3.47. The second-order valence-corrected chi connectivity index (χ2v) is 7.03. The molecule has 0 aliphatic rings. The first-order chi connectivity index (χ1) is 12.4. The molecule has 0 aliphatic carbocycles. The summed E-state index contributed by atoms with van der Waals surface area (Å²) < 4.78 is 11.6. The number of thiazole rings is 1. The van der Waals surface area contributed by atoms with E-state index in [0.717, 1.165) is 39.1 Å². The SMILES string of the molecule is CCOc1cc2oc(C)c(C)c2cc1/C(C)=C/C(=O)Nc1nc(C)cs1. The second kappa shape index (κ2) is 7.33. The average molecular weight is 370 g/mol. The van der Waals surface area contributed by atoms with E-state index < -0.39 is 0 Å². The lowest BCUT2D eigenvalue weighted by Gasteiger charge is -2.11. The number of amides is 1. The second-order valence-electron chi connectivity index (χ2n) is 6.17. The van der Waals surface area contributed by atoms with E-state index >= 15 is 0 Å². The van der Waals surface area contributed by atoms with Gasteiger partial charge in [0.25, 0.3) is 0 Å². The van der Waals surface area contributed by atoms with Gasteiger partial charge in [-0.25, -0.2) is 4.98 Å². The molecule has 3 aromatic rings. The standard InChI is InChI=1S/C20H22N2O3S/c1-6-24-17-9-18-16(13(4)14(5)25-18)8-15(17)11(2)7-19(23)22-20-21-12(3)10-26-20/h7-10H,6H2,1-5H3,(H,21,22,23)/b11-7+. The third-order valence-corrected chi connectivity index (χ3v) is 5.07. The molecule has 6 heteroatoms. The minimum atomic E-state index is -0.209. The van der Waals surface area contributed by atoms with Gasteiger partial charge < -0.3 is 9.15 Å². The summed E-state index contributed by atoms with van der Waals surface area (Å²) in [6.45, 7) is 10.2. The zero-order chi connectivity index (χ0) is 18.8. The number of allylic oxidation sites excluding steroid dienone is 1. The summed E-state index contributed by atoms with van der Waals surface area (Å²) in [5.41, 5.74) is 4.48. The lowest BCUT2D eigenvalue weighted by atomic mass is 10.0. The van der Waals surface area contributed by atoms with E-state index in [1.54, 1.807) is 6.08 Å². The maximum absolute atomic E-state index is 12.3. The van der Waals surface area contributed by atoms with Crippen molar-refractivity contribution in [3.63, 3.8) is 0 Å². The van der Waals surface area contributed by atoms with Crippen LogP contribution in [0.3, 0.4) is 0 Å². The summed E-state index contributed by atoms with van der Waals surface area (Å²) in [4.78, 5) is 16.6. The fourth-order valence-electron chi connectivity index (χ4n) is 2.78. The summed E-state index contributed by atoms with van der Waals surface area (Å²) in [6, 6.07) is 3.92. The minimum Gasteiger partial charge on any atom is -0.493 e. The molecular formula is C20H22N2O3S. The number of carbonyl (C=O) groups is 1. The van der Waals surface area contributed by atoms with E-state index in [-0.39, 0.29) is 5.91 Å². The quantitative estimate of drug-likeness (QED) is 0.623. The number of furan rings is 1. The number of fused-ring (bicyclic) bond motifs is 1.